The Morgan fingerprint density at radius 2 is 2.00 bits per heavy atom. The minimum atomic E-state index is 0.128. The van der Waals surface area contributed by atoms with Crippen molar-refractivity contribution in [1.82, 2.24) is 4.90 Å². The summed E-state index contributed by atoms with van der Waals surface area (Å²) in [5.74, 6) is 0.128. The Balaban J connectivity index is 1.63. The highest BCUT2D eigenvalue weighted by atomic mass is 79.9. The number of amides is 1. The zero-order valence-electron chi connectivity index (χ0n) is 13.6. The Hall–Kier alpha value is -1.94. The van der Waals surface area contributed by atoms with Crippen LogP contribution in [0.1, 0.15) is 52.9 Å². The number of aliphatic imine (C=N–C) groups is 1. The van der Waals surface area contributed by atoms with Crippen molar-refractivity contribution in [2.45, 2.75) is 32.4 Å². The minimum absolute atomic E-state index is 0.128. The molecule has 0 bridgehead atoms. The number of halogens is 1. The van der Waals surface area contributed by atoms with E-state index in [1.807, 2.05) is 42.2 Å². The number of likely N-dealkylation sites (tertiary alicyclic amines) is 1. The van der Waals surface area contributed by atoms with Gasteiger partial charge in [0.25, 0.3) is 5.91 Å². The van der Waals surface area contributed by atoms with Crippen LogP contribution >= 0.6 is 15.9 Å². The molecule has 0 spiro atoms. The smallest absolute Gasteiger partial charge is 0.254 e. The van der Waals surface area contributed by atoms with Gasteiger partial charge in [0.2, 0.25) is 0 Å². The van der Waals surface area contributed by atoms with Crippen LogP contribution in [0.15, 0.2) is 51.9 Å². The summed E-state index contributed by atoms with van der Waals surface area (Å²) in [6.45, 7) is 3.57. The predicted molar refractivity (Wildman–Crippen MR) is 99.5 cm³/mol. The third-order valence-electron chi connectivity index (χ3n) is 5.00. The summed E-state index contributed by atoms with van der Waals surface area (Å²) in [6.07, 6.45) is 2.08. The molecule has 2 heterocycles. The molecule has 1 fully saturated rings. The van der Waals surface area contributed by atoms with Crippen molar-refractivity contribution < 1.29 is 4.79 Å². The Morgan fingerprint density at radius 1 is 1.21 bits per heavy atom. The van der Waals surface area contributed by atoms with Crippen LogP contribution in [-0.2, 0) is 6.54 Å². The molecule has 0 aliphatic carbocycles. The van der Waals surface area contributed by atoms with Gasteiger partial charge in [-0.15, -0.1) is 0 Å². The number of carbonyl (C=O) groups is 1. The van der Waals surface area contributed by atoms with Gasteiger partial charge in [-0.3, -0.25) is 9.79 Å². The average Bonchev–Trinajstić information content (AvgIpc) is 3.22. The number of rotatable bonds is 2. The lowest BCUT2D eigenvalue weighted by Crippen LogP contribution is -2.30. The van der Waals surface area contributed by atoms with E-state index in [2.05, 4.69) is 33.1 Å². The fourth-order valence-electron chi connectivity index (χ4n) is 3.68. The summed E-state index contributed by atoms with van der Waals surface area (Å²) in [7, 11) is 0. The van der Waals surface area contributed by atoms with Gasteiger partial charge in [-0.25, -0.2) is 0 Å². The molecular formula is C20H19BrN2O. The first-order valence-corrected chi connectivity index (χ1v) is 9.13. The van der Waals surface area contributed by atoms with Crippen molar-refractivity contribution in [2.75, 3.05) is 6.54 Å². The van der Waals surface area contributed by atoms with Gasteiger partial charge >= 0.3 is 0 Å². The summed E-state index contributed by atoms with van der Waals surface area (Å²) in [6, 6.07) is 14.5. The first kappa shape index (κ1) is 15.6. The minimum Gasteiger partial charge on any atom is -0.332 e. The second kappa shape index (κ2) is 6.17. The zero-order chi connectivity index (χ0) is 16.7. The van der Waals surface area contributed by atoms with Gasteiger partial charge < -0.3 is 4.90 Å². The van der Waals surface area contributed by atoms with E-state index in [0.29, 0.717) is 0 Å². The van der Waals surface area contributed by atoms with E-state index in [4.69, 9.17) is 0 Å². The summed E-state index contributed by atoms with van der Waals surface area (Å²) < 4.78 is 1.07. The topological polar surface area (TPSA) is 32.7 Å². The maximum absolute atomic E-state index is 13.1. The Bertz CT molecular complexity index is 826. The van der Waals surface area contributed by atoms with Crippen LogP contribution in [0.25, 0.3) is 0 Å². The van der Waals surface area contributed by atoms with Crippen molar-refractivity contribution >= 4 is 27.5 Å². The van der Waals surface area contributed by atoms with Gasteiger partial charge in [0.1, 0.15) is 0 Å². The first-order valence-electron chi connectivity index (χ1n) is 8.34. The maximum atomic E-state index is 13.1. The molecule has 2 aromatic carbocycles. The largest absolute Gasteiger partial charge is 0.332 e. The predicted octanol–water partition coefficient (Wildman–Crippen LogP) is 4.75. The van der Waals surface area contributed by atoms with Crippen LogP contribution in [0.2, 0.25) is 0 Å². The summed E-state index contributed by atoms with van der Waals surface area (Å²) in [5, 5.41) is 0. The fraction of sp³-hybridized carbons (Fsp3) is 0.300. The number of hydrogen-bond acceptors (Lipinski definition) is 2. The van der Waals surface area contributed by atoms with Crippen molar-refractivity contribution in [3.05, 3.63) is 69.2 Å². The molecule has 2 aliphatic heterocycles. The third kappa shape index (κ3) is 2.69. The molecule has 24 heavy (non-hydrogen) atoms. The molecule has 2 aromatic rings. The molecule has 3 nitrogen and oxygen atoms in total. The van der Waals surface area contributed by atoms with Gasteiger partial charge in [-0.2, -0.15) is 0 Å². The molecule has 2 aliphatic rings. The summed E-state index contributed by atoms with van der Waals surface area (Å²) >= 11 is 3.48. The lowest BCUT2D eigenvalue weighted by atomic mass is 10.0. The Kier molecular flexibility index (Phi) is 4.01. The fourth-order valence-corrected chi connectivity index (χ4v) is 3.94. The Labute approximate surface area is 150 Å². The molecule has 0 saturated carbocycles. The van der Waals surface area contributed by atoms with Crippen LogP contribution in [0.5, 0.6) is 0 Å². The standard InChI is InChI=1S/C20H19BrN2O/c1-13-18-11-15(4-5-16(18)12-22-13)20(24)23-10-2-3-19(23)14-6-8-17(21)9-7-14/h4-9,11,19H,2-3,10,12H2,1H3/t19-/m0/s1. The van der Waals surface area contributed by atoms with E-state index < -0.39 is 0 Å². The van der Waals surface area contributed by atoms with E-state index in [-0.39, 0.29) is 11.9 Å². The molecule has 0 unspecified atom stereocenters. The highest BCUT2D eigenvalue weighted by Crippen LogP contribution is 2.34. The highest BCUT2D eigenvalue weighted by molar-refractivity contribution is 9.10. The maximum Gasteiger partial charge on any atom is 0.254 e. The first-order chi connectivity index (χ1) is 11.6. The van der Waals surface area contributed by atoms with Crippen LogP contribution in [-0.4, -0.2) is 23.1 Å². The lowest BCUT2D eigenvalue weighted by molar-refractivity contribution is 0.0735. The lowest BCUT2D eigenvalue weighted by Gasteiger charge is -2.25. The molecule has 1 amide bonds. The van der Waals surface area contributed by atoms with Gasteiger partial charge in [-0.05, 0) is 55.2 Å². The van der Waals surface area contributed by atoms with Crippen LogP contribution in [0.3, 0.4) is 0 Å². The molecular weight excluding hydrogens is 364 g/mol. The normalized spacial score (nSPS) is 19.3. The van der Waals surface area contributed by atoms with E-state index >= 15 is 0 Å². The molecule has 4 rings (SSSR count). The zero-order valence-corrected chi connectivity index (χ0v) is 15.2. The van der Waals surface area contributed by atoms with Crippen molar-refractivity contribution in [3.8, 4) is 0 Å². The van der Waals surface area contributed by atoms with E-state index in [9.17, 15) is 4.79 Å². The molecule has 1 atom stereocenters. The van der Waals surface area contributed by atoms with Crippen LogP contribution < -0.4 is 0 Å². The molecule has 0 N–H and O–H groups in total. The van der Waals surface area contributed by atoms with E-state index in [1.165, 1.54) is 11.1 Å². The summed E-state index contributed by atoms with van der Waals surface area (Å²) in [4.78, 5) is 19.6. The number of benzene rings is 2. The average molecular weight is 383 g/mol. The number of fused-ring (bicyclic) bond motifs is 1. The number of hydrogen-bond donors (Lipinski definition) is 0. The van der Waals surface area contributed by atoms with Crippen molar-refractivity contribution in [2.24, 2.45) is 4.99 Å². The van der Waals surface area contributed by atoms with E-state index in [0.717, 1.165) is 47.2 Å². The van der Waals surface area contributed by atoms with Crippen molar-refractivity contribution in [1.29, 1.82) is 0 Å². The van der Waals surface area contributed by atoms with Gasteiger partial charge in [0, 0.05) is 27.9 Å². The Morgan fingerprint density at radius 3 is 2.79 bits per heavy atom. The van der Waals surface area contributed by atoms with Crippen molar-refractivity contribution in [3.63, 3.8) is 0 Å². The van der Waals surface area contributed by atoms with Crippen LogP contribution in [0, 0.1) is 0 Å². The van der Waals surface area contributed by atoms with Gasteiger partial charge in [0.05, 0.1) is 12.6 Å². The van der Waals surface area contributed by atoms with E-state index in [1.54, 1.807) is 0 Å². The molecule has 4 heteroatoms. The van der Waals surface area contributed by atoms with Gasteiger partial charge in [-0.1, -0.05) is 34.1 Å². The molecule has 0 radical (unpaired) electrons. The second-order valence-electron chi connectivity index (χ2n) is 6.48. The highest BCUT2D eigenvalue weighted by Gasteiger charge is 2.31. The second-order valence-corrected chi connectivity index (χ2v) is 7.40. The van der Waals surface area contributed by atoms with Crippen LogP contribution in [0.4, 0.5) is 0 Å². The quantitative estimate of drug-likeness (QED) is 0.737. The van der Waals surface area contributed by atoms with Gasteiger partial charge in [0.15, 0.2) is 0 Å². The molecule has 0 aromatic heterocycles. The molecule has 1 saturated heterocycles. The molecule has 122 valence electrons. The SMILES string of the molecule is CC1=NCc2ccc(C(=O)N3CCC[C@H]3c3ccc(Br)cc3)cc21. The number of nitrogens with zero attached hydrogens (tertiary/aromatic N) is 2. The number of carbonyl (C=O) groups excluding carboxylic acids is 1. The monoisotopic (exact) mass is 382 g/mol. The third-order valence-corrected chi connectivity index (χ3v) is 5.53. The summed E-state index contributed by atoms with van der Waals surface area (Å²) in [5.41, 5.74) is 5.36.